The molecule has 2 aromatic rings. The fourth-order valence-corrected chi connectivity index (χ4v) is 1.35. The molecule has 0 saturated carbocycles. The highest BCUT2D eigenvalue weighted by Gasteiger charge is 2.01. The van der Waals surface area contributed by atoms with Gasteiger partial charge in [-0.3, -0.25) is 4.79 Å². The summed E-state index contributed by atoms with van der Waals surface area (Å²) in [5.41, 5.74) is 2.89. The van der Waals surface area contributed by atoms with E-state index in [0.29, 0.717) is 0 Å². The van der Waals surface area contributed by atoms with Gasteiger partial charge in [0.25, 0.3) is 0 Å². The lowest BCUT2D eigenvalue weighted by Gasteiger charge is -2.10. The summed E-state index contributed by atoms with van der Waals surface area (Å²) in [6.07, 6.45) is 4.18. The number of hydrogen-bond acceptors (Lipinski definition) is 2. The fraction of sp³-hybridized carbons (Fsp3) is 0.0909. The second kappa shape index (κ2) is 3.96. The maximum atomic E-state index is 10.5. The van der Waals surface area contributed by atoms with Crippen LogP contribution in [0.1, 0.15) is 0 Å². The van der Waals surface area contributed by atoms with E-state index in [1.54, 1.807) is 19.6 Å². The number of carbonyl (C=O) groups excluding carboxylic acids is 1. The van der Waals surface area contributed by atoms with Crippen molar-refractivity contribution in [1.29, 1.82) is 0 Å². The van der Waals surface area contributed by atoms with Crippen molar-refractivity contribution in [3.63, 3.8) is 0 Å². The van der Waals surface area contributed by atoms with Gasteiger partial charge in [0.15, 0.2) is 0 Å². The first-order valence-corrected chi connectivity index (χ1v) is 4.58. The van der Waals surface area contributed by atoms with E-state index in [0.717, 1.165) is 23.4 Å². The Hall–Kier alpha value is -2.10. The Kier molecular flexibility index (Phi) is 2.49. The minimum Gasteiger partial charge on any atom is -0.345 e. The van der Waals surface area contributed by atoms with Gasteiger partial charge in [-0.05, 0) is 17.7 Å². The first-order chi connectivity index (χ1) is 7.31. The first-order valence-electron chi connectivity index (χ1n) is 4.58. The highest BCUT2D eigenvalue weighted by molar-refractivity contribution is 5.75. The average molecular weight is 201 g/mol. The van der Waals surface area contributed by atoms with Crippen LogP contribution in [0.25, 0.3) is 11.3 Å². The molecule has 0 spiro atoms. The normalized spacial score (nSPS) is 9.93. The standard InChI is InChI=1S/C11H11N3O/c1-14(8-15)10-4-2-9(3-5-10)11-6-12-7-13-11/h2-8H,1H3,(H,12,13). The van der Waals surface area contributed by atoms with Crippen LogP contribution in [0.3, 0.4) is 0 Å². The number of hydrogen-bond donors (Lipinski definition) is 1. The Balaban J connectivity index is 2.28. The Morgan fingerprint density at radius 3 is 2.60 bits per heavy atom. The van der Waals surface area contributed by atoms with Crippen molar-refractivity contribution in [3.05, 3.63) is 36.8 Å². The second-order valence-electron chi connectivity index (χ2n) is 3.23. The van der Waals surface area contributed by atoms with E-state index in [9.17, 15) is 4.79 Å². The lowest BCUT2D eigenvalue weighted by molar-refractivity contribution is -0.107. The SMILES string of the molecule is CN(C=O)c1ccc(-c2cnc[nH]2)cc1. The van der Waals surface area contributed by atoms with E-state index in [-0.39, 0.29) is 0 Å². The van der Waals surface area contributed by atoms with E-state index >= 15 is 0 Å². The van der Waals surface area contributed by atoms with Crippen LogP contribution in [0, 0.1) is 0 Å². The molecule has 0 aliphatic carbocycles. The third-order valence-corrected chi connectivity index (χ3v) is 2.24. The van der Waals surface area contributed by atoms with Crippen LogP contribution >= 0.6 is 0 Å². The van der Waals surface area contributed by atoms with Gasteiger partial charge in [0.2, 0.25) is 6.41 Å². The van der Waals surface area contributed by atoms with Crippen molar-refractivity contribution in [2.75, 3.05) is 11.9 Å². The predicted molar refractivity (Wildman–Crippen MR) is 58.5 cm³/mol. The second-order valence-corrected chi connectivity index (χ2v) is 3.23. The topological polar surface area (TPSA) is 49.0 Å². The zero-order chi connectivity index (χ0) is 10.7. The van der Waals surface area contributed by atoms with Crippen molar-refractivity contribution in [2.24, 2.45) is 0 Å². The highest BCUT2D eigenvalue weighted by Crippen LogP contribution is 2.19. The predicted octanol–water partition coefficient (Wildman–Crippen LogP) is 1.67. The Bertz CT molecular complexity index is 433. The Morgan fingerprint density at radius 2 is 2.07 bits per heavy atom. The maximum absolute atomic E-state index is 10.5. The number of amides is 1. The quantitative estimate of drug-likeness (QED) is 0.768. The summed E-state index contributed by atoms with van der Waals surface area (Å²) in [4.78, 5) is 19.0. The van der Waals surface area contributed by atoms with Crippen molar-refractivity contribution in [1.82, 2.24) is 9.97 Å². The van der Waals surface area contributed by atoms with Gasteiger partial charge in [-0.2, -0.15) is 0 Å². The van der Waals surface area contributed by atoms with Crippen molar-refractivity contribution in [2.45, 2.75) is 0 Å². The molecule has 1 aromatic carbocycles. The summed E-state index contributed by atoms with van der Waals surface area (Å²) in [6, 6.07) is 7.68. The summed E-state index contributed by atoms with van der Waals surface area (Å²) >= 11 is 0. The Morgan fingerprint density at radius 1 is 1.33 bits per heavy atom. The highest BCUT2D eigenvalue weighted by atomic mass is 16.1. The number of carbonyl (C=O) groups is 1. The van der Waals surface area contributed by atoms with Gasteiger partial charge in [-0.15, -0.1) is 0 Å². The summed E-state index contributed by atoms with van der Waals surface area (Å²) in [5, 5.41) is 0. The molecule has 0 atom stereocenters. The van der Waals surface area contributed by atoms with E-state index in [1.807, 2.05) is 24.3 Å². The van der Waals surface area contributed by atoms with Crippen molar-refractivity contribution in [3.8, 4) is 11.3 Å². The minimum absolute atomic E-state index is 0.783. The number of nitrogens with zero attached hydrogens (tertiary/aromatic N) is 2. The van der Waals surface area contributed by atoms with Crippen molar-refractivity contribution >= 4 is 12.1 Å². The number of rotatable bonds is 3. The number of aromatic amines is 1. The van der Waals surface area contributed by atoms with Crippen LogP contribution in [0.5, 0.6) is 0 Å². The van der Waals surface area contributed by atoms with E-state index < -0.39 is 0 Å². The number of aromatic nitrogens is 2. The van der Waals surface area contributed by atoms with Crippen LogP contribution in [0.2, 0.25) is 0 Å². The molecule has 1 amide bonds. The smallest absolute Gasteiger partial charge is 0.213 e. The van der Waals surface area contributed by atoms with E-state index in [1.165, 1.54) is 4.90 Å². The maximum Gasteiger partial charge on any atom is 0.213 e. The van der Waals surface area contributed by atoms with E-state index in [2.05, 4.69) is 9.97 Å². The third-order valence-electron chi connectivity index (χ3n) is 2.24. The molecule has 1 aromatic heterocycles. The molecule has 0 aliphatic heterocycles. The summed E-state index contributed by atoms with van der Waals surface area (Å²) in [7, 11) is 1.72. The van der Waals surface area contributed by atoms with Gasteiger partial charge in [0, 0.05) is 12.7 Å². The van der Waals surface area contributed by atoms with Gasteiger partial charge in [-0.1, -0.05) is 12.1 Å². The largest absolute Gasteiger partial charge is 0.345 e. The van der Waals surface area contributed by atoms with Crippen LogP contribution < -0.4 is 4.90 Å². The average Bonchev–Trinajstić information content (AvgIpc) is 2.82. The van der Waals surface area contributed by atoms with Crippen LogP contribution in [0.4, 0.5) is 5.69 Å². The molecular formula is C11H11N3O. The van der Waals surface area contributed by atoms with Gasteiger partial charge in [-0.25, -0.2) is 4.98 Å². The molecule has 0 saturated heterocycles. The van der Waals surface area contributed by atoms with Crippen LogP contribution in [-0.4, -0.2) is 23.4 Å². The summed E-state index contributed by atoms with van der Waals surface area (Å²) in [6.45, 7) is 0. The molecule has 0 radical (unpaired) electrons. The molecule has 1 N–H and O–H groups in total. The molecule has 4 heteroatoms. The fourth-order valence-electron chi connectivity index (χ4n) is 1.35. The Labute approximate surface area is 87.6 Å². The molecular weight excluding hydrogens is 190 g/mol. The van der Waals surface area contributed by atoms with Crippen molar-refractivity contribution < 1.29 is 4.79 Å². The first kappa shape index (κ1) is 9.45. The van der Waals surface area contributed by atoms with Crippen LogP contribution in [-0.2, 0) is 4.79 Å². The van der Waals surface area contributed by atoms with Gasteiger partial charge >= 0.3 is 0 Å². The van der Waals surface area contributed by atoms with Gasteiger partial charge in [0.05, 0.1) is 18.2 Å². The molecule has 0 aliphatic rings. The molecule has 0 fully saturated rings. The number of nitrogens with one attached hydrogen (secondary N) is 1. The lowest BCUT2D eigenvalue weighted by Crippen LogP contribution is -2.13. The lowest BCUT2D eigenvalue weighted by atomic mass is 10.1. The minimum atomic E-state index is 0.783. The monoisotopic (exact) mass is 201 g/mol. The molecule has 0 bridgehead atoms. The number of imidazole rings is 1. The molecule has 15 heavy (non-hydrogen) atoms. The number of H-pyrrole nitrogens is 1. The van der Waals surface area contributed by atoms with Gasteiger partial charge in [0.1, 0.15) is 0 Å². The molecule has 2 rings (SSSR count). The van der Waals surface area contributed by atoms with Gasteiger partial charge < -0.3 is 9.88 Å². The van der Waals surface area contributed by atoms with E-state index in [4.69, 9.17) is 0 Å². The molecule has 0 unspecified atom stereocenters. The summed E-state index contributed by atoms with van der Waals surface area (Å²) in [5.74, 6) is 0. The number of anilines is 1. The number of benzene rings is 1. The molecule has 1 heterocycles. The van der Waals surface area contributed by atoms with Crippen LogP contribution in [0.15, 0.2) is 36.8 Å². The zero-order valence-electron chi connectivity index (χ0n) is 8.34. The summed E-state index contributed by atoms with van der Waals surface area (Å²) < 4.78 is 0. The molecule has 76 valence electrons. The molecule has 4 nitrogen and oxygen atoms in total. The third kappa shape index (κ3) is 1.88. The zero-order valence-corrected chi connectivity index (χ0v) is 8.34.